The van der Waals surface area contributed by atoms with Crippen molar-refractivity contribution in [2.24, 2.45) is 0 Å². The van der Waals surface area contributed by atoms with Gasteiger partial charge in [0.25, 0.3) is 35.4 Å². The van der Waals surface area contributed by atoms with Crippen LogP contribution in [0.2, 0.25) is 0 Å². The highest BCUT2D eigenvalue weighted by Gasteiger charge is 2.38. The smallest absolute Gasteiger partial charge is 0.266 e. The van der Waals surface area contributed by atoms with Gasteiger partial charge in [0, 0.05) is 22.5 Å². The van der Waals surface area contributed by atoms with Crippen molar-refractivity contribution in [1.29, 1.82) is 0 Å². The Morgan fingerprint density at radius 3 is 1.22 bits per heavy atom. The molecule has 6 amide bonds. The summed E-state index contributed by atoms with van der Waals surface area (Å²) in [6.45, 7) is 0. The van der Waals surface area contributed by atoms with Crippen molar-refractivity contribution in [2.45, 2.75) is 0 Å². The Kier molecular flexibility index (Phi) is 6.79. The fourth-order valence-corrected chi connectivity index (χ4v) is 5.47. The van der Waals surface area contributed by atoms with Crippen molar-refractivity contribution in [2.75, 3.05) is 20.4 Å². The minimum Gasteiger partial charge on any atom is -0.322 e. The maximum absolute atomic E-state index is 13.1. The van der Waals surface area contributed by atoms with Gasteiger partial charge < -0.3 is 10.6 Å². The van der Waals surface area contributed by atoms with E-state index in [9.17, 15) is 28.8 Å². The zero-order valence-corrected chi connectivity index (χ0v) is 23.9. The van der Waals surface area contributed by atoms with Crippen molar-refractivity contribution in [3.63, 3.8) is 0 Å². The maximum Gasteiger partial charge on any atom is 0.266 e. The molecule has 2 aliphatic rings. The highest BCUT2D eigenvalue weighted by Crippen LogP contribution is 2.31. The maximum atomic E-state index is 13.1. The number of hydrogen-bond donors (Lipinski definition) is 2. The molecule has 0 bridgehead atoms. The van der Waals surface area contributed by atoms with Crippen LogP contribution in [0, 0.1) is 0 Å². The number of benzene rings is 5. The Labute approximate surface area is 261 Å². The van der Waals surface area contributed by atoms with Gasteiger partial charge in [0.15, 0.2) is 0 Å². The topological polar surface area (TPSA) is 133 Å². The molecule has 0 unspecified atom stereocenters. The molecule has 0 aliphatic carbocycles. The molecule has 0 spiro atoms. The van der Waals surface area contributed by atoms with Gasteiger partial charge in [0.05, 0.1) is 33.6 Å². The van der Waals surface area contributed by atoms with Gasteiger partial charge in [-0.25, -0.2) is 9.80 Å². The first-order chi connectivity index (χ1) is 22.3. The van der Waals surface area contributed by atoms with Crippen molar-refractivity contribution in [3.05, 3.63) is 155 Å². The van der Waals surface area contributed by atoms with Gasteiger partial charge in [-0.3, -0.25) is 28.8 Å². The molecule has 7 rings (SSSR count). The number of imide groups is 2. The van der Waals surface area contributed by atoms with Crippen LogP contribution in [0.15, 0.2) is 121 Å². The van der Waals surface area contributed by atoms with Crippen LogP contribution in [0.5, 0.6) is 0 Å². The Morgan fingerprint density at radius 1 is 0.413 bits per heavy atom. The van der Waals surface area contributed by atoms with Gasteiger partial charge in [0.1, 0.15) is 0 Å². The van der Waals surface area contributed by atoms with Crippen LogP contribution in [0.4, 0.5) is 22.7 Å². The molecule has 0 fully saturated rings. The second-order valence-electron chi connectivity index (χ2n) is 10.6. The molecular weight excluding hydrogens is 584 g/mol. The van der Waals surface area contributed by atoms with E-state index in [1.165, 1.54) is 36.4 Å². The fourth-order valence-electron chi connectivity index (χ4n) is 5.47. The number of amides is 6. The zero-order valence-electron chi connectivity index (χ0n) is 23.9. The van der Waals surface area contributed by atoms with Gasteiger partial charge in [-0.1, -0.05) is 42.5 Å². The SMILES string of the molecule is O=C(Nc1cccc(NC(=O)c2ccc3c(c2)C(=O)N(c2ccccc2)C3=O)c1)c1ccc2c(c1)C(=O)N(c1ccccc1)C2=O. The van der Waals surface area contributed by atoms with Gasteiger partial charge >= 0.3 is 0 Å². The molecule has 5 aromatic rings. The summed E-state index contributed by atoms with van der Waals surface area (Å²) >= 11 is 0. The Balaban J connectivity index is 1.05. The molecule has 46 heavy (non-hydrogen) atoms. The molecule has 0 saturated heterocycles. The molecule has 2 aliphatic heterocycles. The van der Waals surface area contributed by atoms with Crippen LogP contribution in [0.1, 0.15) is 62.1 Å². The first-order valence-corrected chi connectivity index (χ1v) is 14.2. The Bertz CT molecular complexity index is 1980. The second kappa shape index (κ2) is 11.1. The van der Waals surface area contributed by atoms with E-state index in [1.807, 2.05) is 0 Å². The Morgan fingerprint density at radius 2 is 0.804 bits per heavy atom. The molecule has 0 radical (unpaired) electrons. The molecule has 0 saturated carbocycles. The standard InChI is InChI=1S/C36H22N4O6/c41-31(21-14-16-27-29(18-21)35(45)39(33(27)43)25-10-3-1-4-11-25)37-23-8-7-9-24(20-23)38-32(42)22-15-17-28-30(19-22)36(46)40(34(28)44)26-12-5-2-6-13-26/h1-20H,(H,37,41)(H,38,42). The normalized spacial score (nSPS) is 13.5. The predicted molar refractivity (Wildman–Crippen MR) is 170 cm³/mol. The summed E-state index contributed by atoms with van der Waals surface area (Å²) in [7, 11) is 0. The molecule has 10 nitrogen and oxygen atoms in total. The zero-order chi connectivity index (χ0) is 31.9. The Hall–Kier alpha value is -6.68. The van der Waals surface area contributed by atoms with Gasteiger partial charge in [-0.2, -0.15) is 0 Å². The van der Waals surface area contributed by atoms with E-state index < -0.39 is 35.4 Å². The van der Waals surface area contributed by atoms with Crippen molar-refractivity contribution >= 4 is 58.2 Å². The highest BCUT2D eigenvalue weighted by atomic mass is 16.2. The van der Waals surface area contributed by atoms with Gasteiger partial charge in [-0.15, -0.1) is 0 Å². The van der Waals surface area contributed by atoms with Gasteiger partial charge in [0.2, 0.25) is 0 Å². The molecular formula is C36H22N4O6. The molecule has 5 aromatic carbocycles. The molecule has 2 heterocycles. The minimum atomic E-state index is -0.519. The van der Waals surface area contributed by atoms with Crippen LogP contribution < -0.4 is 20.4 Å². The second-order valence-corrected chi connectivity index (χ2v) is 10.6. The molecule has 0 aromatic heterocycles. The third-order valence-electron chi connectivity index (χ3n) is 7.70. The summed E-state index contributed by atoms with van der Waals surface area (Å²) in [6.07, 6.45) is 0. The summed E-state index contributed by atoms with van der Waals surface area (Å²) < 4.78 is 0. The van der Waals surface area contributed by atoms with Crippen LogP contribution >= 0.6 is 0 Å². The lowest BCUT2D eigenvalue weighted by Crippen LogP contribution is -2.29. The quantitative estimate of drug-likeness (QED) is 0.235. The summed E-state index contributed by atoms with van der Waals surface area (Å²) in [5.41, 5.74) is 2.63. The fraction of sp³-hybridized carbons (Fsp3) is 0. The third-order valence-corrected chi connectivity index (χ3v) is 7.70. The molecule has 222 valence electrons. The molecule has 2 N–H and O–H groups in total. The highest BCUT2D eigenvalue weighted by molar-refractivity contribution is 6.35. The minimum absolute atomic E-state index is 0.129. The van der Waals surface area contributed by atoms with Crippen LogP contribution in [0.25, 0.3) is 0 Å². The predicted octanol–water partition coefficient (Wildman–Crippen LogP) is 5.79. The monoisotopic (exact) mass is 606 g/mol. The lowest BCUT2D eigenvalue weighted by molar-refractivity contribution is 0.0910. The number of para-hydroxylation sites is 2. The third kappa shape index (κ3) is 4.80. The summed E-state index contributed by atoms with van der Waals surface area (Å²) in [6, 6.07) is 32.2. The molecule has 10 heteroatoms. The van der Waals surface area contributed by atoms with E-state index in [1.54, 1.807) is 84.9 Å². The van der Waals surface area contributed by atoms with Crippen LogP contribution in [-0.2, 0) is 0 Å². The van der Waals surface area contributed by atoms with E-state index in [2.05, 4.69) is 10.6 Å². The number of carbonyl (C=O) groups excluding carboxylic acids is 6. The number of rotatable bonds is 6. The number of fused-ring (bicyclic) bond motifs is 2. The molecule has 0 atom stereocenters. The van der Waals surface area contributed by atoms with Gasteiger partial charge in [-0.05, 0) is 78.9 Å². The van der Waals surface area contributed by atoms with Crippen molar-refractivity contribution < 1.29 is 28.8 Å². The number of carbonyl (C=O) groups is 6. The number of nitrogens with one attached hydrogen (secondary N) is 2. The van der Waals surface area contributed by atoms with E-state index in [0.29, 0.717) is 22.7 Å². The number of hydrogen-bond acceptors (Lipinski definition) is 6. The van der Waals surface area contributed by atoms with Crippen LogP contribution in [-0.4, -0.2) is 35.4 Å². The number of anilines is 4. The van der Waals surface area contributed by atoms with E-state index in [-0.39, 0.29) is 33.4 Å². The average molecular weight is 607 g/mol. The summed E-state index contributed by atoms with van der Waals surface area (Å²) in [4.78, 5) is 80.4. The lowest BCUT2D eigenvalue weighted by Gasteiger charge is -2.13. The summed E-state index contributed by atoms with van der Waals surface area (Å²) in [5.74, 6) is -3.00. The largest absolute Gasteiger partial charge is 0.322 e. The summed E-state index contributed by atoms with van der Waals surface area (Å²) in [5, 5.41) is 5.50. The van der Waals surface area contributed by atoms with Crippen molar-refractivity contribution in [1.82, 2.24) is 0 Å². The first-order valence-electron chi connectivity index (χ1n) is 14.2. The lowest BCUT2D eigenvalue weighted by atomic mass is 10.0. The first kappa shape index (κ1) is 28.1. The van der Waals surface area contributed by atoms with Crippen molar-refractivity contribution in [3.8, 4) is 0 Å². The van der Waals surface area contributed by atoms with E-state index in [0.717, 1.165) is 9.80 Å². The average Bonchev–Trinajstić information content (AvgIpc) is 3.48. The van der Waals surface area contributed by atoms with E-state index in [4.69, 9.17) is 0 Å². The number of nitrogens with zero attached hydrogens (tertiary/aromatic N) is 2. The van der Waals surface area contributed by atoms with Crippen LogP contribution in [0.3, 0.4) is 0 Å². The van der Waals surface area contributed by atoms with E-state index >= 15 is 0 Å².